The Kier molecular flexibility index (Phi) is 2.78. The summed E-state index contributed by atoms with van der Waals surface area (Å²) in [5.41, 5.74) is 7.88. The highest BCUT2D eigenvalue weighted by Crippen LogP contribution is 2.32. The van der Waals surface area contributed by atoms with Crippen LogP contribution in [0, 0.1) is 0 Å². The fourth-order valence-electron chi connectivity index (χ4n) is 1.96. The van der Waals surface area contributed by atoms with Crippen LogP contribution in [-0.2, 0) is 4.74 Å². The van der Waals surface area contributed by atoms with E-state index in [9.17, 15) is 0 Å². The highest BCUT2D eigenvalue weighted by Gasteiger charge is 2.21. The lowest BCUT2D eigenvalue weighted by atomic mass is 10.1. The van der Waals surface area contributed by atoms with Gasteiger partial charge < -0.3 is 10.5 Å². The van der Waals surface area contributed by atoms with Crippen molar-refractivity contribution in [3.8, 4) is 10.6 Å². The number of nitrogens with two attached hydrogens (primary N) is 1. The molecule has 0 amide bonds. The van der Waals surface area contributed by atoms with Crippen molar-refractivity contribution in [2.75, 3.05) is 18.9 Å². The van der Waals surface area contributed by atoms with E-state index in [2.05, 4.69) is 15.3 Å². The Morgan fingerprint density at radius 1 is 1.47 bits per heavy atom. The van der Waals surface area contributed by atoms with Gasteiger partial charge in [-0.1, -0.05) is 0 Å². The molecule has 0 aromatic carbocycles. The molecule has 2 aromatic heterocycles. The highest BCUT2D eigenvalue weighted by molar-refractivity contribution is 7.13. The molecule has 5 heteroatoms. The molecule has 1 unspecified atom stereocenters. The van der Waals surface area contributed by atoms with Gasteiger partial charge in [-0.3, -0.25) is 0 Å². The topological polar surface area (TPSA) is 61.0 Å². The van der Waals surface area contributed by atoms with Crippen molar-refractivity contribution in [1.82, 2.24) is 9.97 Å². The van der Waals surface area contributed by atoms with E-state index < -0.39 is 0 Å². The maximum Gasteiger partial charge on any atom is 0.133 e. The molecule has 1 aliphatic rings. The number of hydrogen-bond donors (Lipinski definition) is 1. The molecule has 0 bridgehead atoms. The molecular formula is C12H13N3OS. The lowest BCUT2D eigenvalue weighted by Crippen LogP contribution is -1.98. The molecule has 2 N–H and O–H groups in total. The van der Waals surface area contributed by atoms with Crippen molar-refractivity contribution in [2.45, 2.75) is 12.3 Å². The first-order chi connectivity index (χ1) is 8.34. The summed E-state index contributed by atoms with van der Waals surface area (Å²) in [6, 6.07) is 3.83. The quantitative estimate of drug-likeness (QED) is 0.884. The molecule has 1 atom stereocenters. The summed E-state index contributed by atoms with van der Waals surface area (Å²) in [6.45, 7) is 1.62. The van der Waals surface area contributed by atoms with Crippen molar-refractivity contribution in [3.05, 3.63) is 29.4 Å². The number of ether oxygens (including phenoxy) is 1. The van der Waals surface area contributed by atoms with E-state index in [0.717, 1.165) is 35.9 Å². The van der Waals surface area contributed by atoms with Gasteiger partial charge in [0.25, 0.3) is 0 Å². The third-order valence-corrected chi connectivity index (χ3v) is 3.83. The van der Waals surface area contributed by atoms with Crippen LogP contribution < -0.4 is 5.73 Å². The monoisotopic (exact) mass is 247 g/mol. The molecule has 2 aromatic rings. The first-order valence-electron chi connectivity index (χ1n) is 5.58. The van der Waals surface area contributed by atoms with Crippen LogP contribution in [0.3, 0.4) is 0 Å². The average Bonchev–Trinajstić information content (AvgIpc) is 3.00. The van der Waals surface area contributed by atoms with Gasteiger partial charge in [-0.25, -0.2) is 9.97 Å². The summed E-state index contributed by atoms with van der Waals surface area (Å²) >= 11 is 1.62. The summed E-state index contributed by atoms with van der Waals surface area (Å²) in [5, 5.41) is 3.04. The summed E-state index contributed by atoms with van der Waals surface area (Å²) in [4.78, 5) is 8.72. The van der Waals surface area contributed by atoms with Crippen LogP contribution in [0.15, 0.2) is 23.7 Å². The maximum absolute atomic E-state index is 5.85. The number of pyridine rings is 1. The molecule has 3 heterocycles. The van der Waals surface area contributed by atoms with Gasteiger partial charge in [-0.2, -0.15) is 0 Å². The second kappa shape index (κ2) is 4.43. The minimum Gasteiger partial charge on any atom is -0.383 e. The number of nitrogens with zero attached hydrogens (tertiary/aromatic N) is 2. The first-order valence-corrected chi connectivity index (χ1v) is 6.46. The van der Waals surface area contributed by atoms with Gasteiger partial charge in [-0.05, 0) is 18.6 Å². The minimum absolute atomic E-state index is 0.442. The van der Waals surface area contributed by atoms with Gasteiger partial charge in [0.15, 0.2) is 0 Å². The Morgan fingerprint density at radius 2 is 2.41 bits per heavy atom. The zero-order valence-corrected chi connectivity index (χ0v) is 10.1. The molecule has 0 radical (unpaired) electrons. The second-order valence-electron chi connectivity index (χ2n) is 4.07. The SMILES string of the molecule is Nc1ncccc1-c1nc(C2CCOC2)cs1. The van der Waals surface area contributed by atoms with E-state index in [1.54, 1.807) is 17.5 Å². The maximum atomic E-state index is 5.85. The van der Waals surface area contributed by atoms with E-state index >= 15 is 0 Å². The van der Waals surface area contributed by atoms with Crippen LogP contribution in [0.5, 0.6) is 0 Å². The zero-order valence-electron chi connectivity index (χ0n) is 9.30. The number of rotatable bonds is 2. The molecule has 4 nitrogen and oxygen atoms in total. The average molecular weight is 247 g/mol. The summed E-state index contributed by atoms with van der Waals surface area (Å²) in [6.07, 6.45) is 2.75. The number of thiazole rings is 1. The Morgan fingerprint density at radius 3 is 3.18 bits per heavy atom. The fourth-order valence-corrected chi connectivity index (χ4v) is 2.90. The lowest BCUT2D eigenvalue weighted by Gasteiger charge is -2.02. The van der Waals surface area contributed by atoms with Crippen molar-refractivity contribution < 1.29 is 4.74 Å². The predicted molar refractivity (Wildman–Crippen MR) is 67.9 cm³/mol. The zero-order chi connectivity index (χ0) is 11.7. The normalized spacial score (nSPS) is 19.6. The lowest BCUT2D eigenvalue weighted by molar-refractivity contribution is 0.193. The number of hydrogen-bond acceptors (Lipinski definition) is 5. The van der Waals surface area contributed by atoms with Crippen LogP contribution in [0.4, 0.5) is 5.82 Å². The summed E-state index contributed by atoms with van der Waals surface area (Å²) in [7, 11) is 0. The Labute approximate surface area is 103 Å². The molecule has 17 heavy (non-hydrogen) atoms. The van der Waals surface area contributed by atoms with Crippen LogP contribution in [0.2, 0.25) is 0 Å². The van der Waals surface area contributed by atoms with Gasteiger partial charge in [0.2, 0.25) is 0 Å². The molecule has 0 aliphatic carbocycles. The van der Waals surface area contributed by atoms with E-state index in [1.807, 2.05) is 12.1 Å². The van der Waals surface area contributed by atoms with Gasteiger partial charge in [-0.15, -0.1) is 11.3 Å². The Bertz CT molecular complexity index is 520. The minimum atomic E-state index is 0.442. The van der Waals surface area contributed by atoms with Gasteiger partial charge in [0.1, 0.15) is 10.8 Å². The largest absolute Gasteiger partial charge is 0.383 e. The summed E-state index contributed by atoms with van der Waals surface area (Å²) in [5.74, 6) is 0.981. The van der Waals surface area contributed by atoms with Crippen LogP contribution in [-0.4, -0.2) is 23.2 Å². The highest BCUT2D eigenvalue weighted by atomic mass is 32.1. The predicted octanol–water partition coefficient (Wildman–Crippen LogP) is 2.29. The Hall–Kier alpha value is -1.46. The smallest absolute Gasteiger partial charge is 0.133 e. The first kappa shape index (κ1) is 10.7. The van der Waals surface area contributed by atoms with E-state index in [-0.39, 0.29) is 0 Å². The number of aromatic nitrogens is 2. The molecule has 0 spiro atoms. The van der Waals surface area contributed by atoms with Crippen LogP contribution in [0.1, 0.15) is 18.0 Å². The van der Waals surface area contributed by atoms with Crippen molar-refractivity contribution >= 4 is 17.2 Å². The summed E-state index contributed by atoms with van der Waals surface area (Å²) < 4.78 is 5.38. The molecule has 0 saturated carbocycles. The third kappa shape index (κ3) is 2.03. The van der Waals surface area contributed by atoms with E-state index in [0.29, 0.717) is 11.7 Å². The van der Waals surface area contributed by atoms with Gasteiger partial charge in [0, 0.05) is 24.1 Å². The molecule has 1 saturated heterocycles. The van der Waals surface area contributed by atoms with Crippen LogP contribution in [0.25, 0.3) is 10.6 Å². The van der Waals surface area contributed by atoms with Crippen LogP contribution >= 0.6 is 11.3 Å². The van der Waals surface area contributed by atoms with E-state index in [1.165, 1.54) is 0 Å². The molecule has 3 rings (SSSR count). The molecule has 1 aliphatic heterocycles. The number of nitrogen functional groups attached to an aromatic ring is 1. The van der Waals surface area contributed by atoms with Crippen molar-refractivity contribution in [3.63, 3.8) is 0 Å². The van der Waals surface area contributed by atoms with Gasteiger partial charge >= 0.3 is 0 Å². The molecular weight excluding hydrogens is 234 g/mol. The fraction of sp³-hybridized carbons (Fsp3) is 0.333. The second-order valence-corrected chi connectivity index (χ2v) is 4.93. The van der Waals surface area contributed by atoms with Crippen molar-refractivity contribution in [1.29, 1.82) is 0 Å². The standard InChI is InChI=1S/C12H13N3OS/c13-11-9(2-1-4-14-11)12-15-10(7-17-12)8-3-5-16-6-8/h1-2,4,7-8H,3,5-6H2,(H2,13,14). The third-order valence-electron chi connectivity index (χ3n) is 2.94. The van der Waals surface area contributed by atoms with Gasteiger partial charge in [0.05, 0.1) is 17.9 Å². The Balaban J connectivity index is 1.92. The van der Waals surface area contributed by atoms with Crippen molar-refractivity contribution in [2.24, 2.45) is 0 Å². The molecule has 88 valence electrons. The molecule has 1 fully saturated rings. The number of anilines is 1. The van der Waals surface area contributed by atoms with E-state index in [4.69, 9.17) is 10.5 Å².